The van der Waals surface area contributed by atoms with E-state index in [0.29, 0.717) is 15.5 Å². The molecule has 94 valence electrons. The van der Waals surface area contributed by atoms with Crippen molar-refractivity contribution in [3.8, 4) is 0 Å². The lowest BCUT2D eigenvalue weighted by Gasteiger charge is -2.01. The highest BCUT2D eigenvalue weighted by molar-refractivity contribution is 7.18. The first kappa shape index (κ1) is 11.5. The van der Waals surface area contributed by atoms with Gasteiger partial charge >= 0.3 is 0 Å². The number of hydrogen-bond donors (Lipinski definition) is 1. The average Bonchev–Trinajstić information content (AvgIpc) is 2.83. The molecule has 1 N–H and O–H groups in total. The van der Waals surface area contributed by atoms with Gasteiger partial charge in [-0.05, 0) is 12.1 Å². The zero-order valence-corrected chi connectivity index (χ0v) is 10.4. The SMILES string of the molecule is O=C(Nc1ccccc1)c1cn2ncc(=O)nc2s1. The highest BCUT2D eigenvalue weighted by Crippen LogP contribution is 2.16. The fraction of sp³-hybridized carbons (Fsp3) is 0. The van der Waals surface area contributed by atoms with Crippen molar-refractivity contribution < 1.29 is 4.79 Å². The number of hydrogen-bond acceptors (Lipinski definition) is 5. The Morgan fingerprint density at radius 2 is 2.05 bits per heavy atom. The number of para-hydroxylation sites is 1. The van der Waals surface area contributed by atoms with E-state index in [1.807, 2.05) is 18.2 Å². The van der Waals surface area contributed by atoms with Gasteiger partial charge in [0.1, 0.15) is 11.1 Å². The van der Waals surface area contributed by atoms with Gasteiger partial charge in [0.15, 0.2) is 0 Å². The first-order chi connectivity index (χ1) is 9.22. The Bertz CT molecular complexity index is 794. The molecule has 1 aromatic carbocycles. The van der Waals surface area contributed by atoms with Crippen molar-refractivity contribution in [3.63, 3.8) is 0 Å². The largest absolute Gasteiger partial charge is 0.321 e. The van der Waals surface area contributed by atoms with Gasteiger partial charge in [-0.1, -0.05) is 29.5 Å². The van der Waals surface area contributed by atoms with Crippen LogP contribution in [-0.2, 0) is 0 Å². The second-order valence-electron chi connectivity index (χ2n) is 3.74. The van der Waals surface area contributed by atoms with E-state index < -0.39 is 5.56 Å². The van der Waals surface area contributed by atoms with E-state index >= 15 is 0 Å². The van der Waals surface area contributed by atoms with Crippen LogP contribution in [0.5, 0.6) is 0 Å². The minimum Gasteiger partial charge on any atom is -0.321 e. The van der Waals surface area contributed by atoms with Crippen molar-refractivity contribution >= 4 is 27.9 Å². The van der Waals surface area contributed by atoms with Gasteiger partial charge in [-0.15, -0.1) is 0 Å². The molecule has 0 saturated heterocycles. The number of anilines is 1. The molecule has 0 unspecified atom stereocenters. The minimum absolute atomic E-state index is 0.254. The molecule has 0 radical (unpaired) electrons. The maximum atomic E-state index is 12.0. The monoisotopic (exact) mass is 272 g/mol. The van der Waals surface area contributed by atoms with E-state index in [9.17, 15) is 9.59 Å². The van der Waals surface area contributed by atoms with Gasteiger partial charge in [0.25, 0.3) is 11.5 Å². The summed E-state index contributed by atoms with van der Waals surface area (Å²) in [4.78, 5) is 27.7. The molecule has 0 aliphatic heterocycles. The summed E-state index contributed by atoms with van der Waals surface area (Å²) in [6.07, 6.45) is 2.66. The third-order valence-electron chi connectivity index (χ3n) is 2.39. The molecule has 2 heterocycles. The summed E-state index contributed by atoms with van der Waals surface area (Å²) in [6, 6.07) is 9.13. The molecule has 0 saturated carbocycles. The predicted octanol–water partition coefficient (Wildman–Crippen LogP) is 1.40. The second-order valence-corrected chi connectivity index (χ2v) is 4.75. The number of fused-ring (bicyclic) bond motifs is 1. The van der Waals surface area contributed by atoms with E-state index in [2.05, 4.69) is 15.4 Å². The predicted molar refractivity (Wildman–Crippen MR) is 71.5 cm³/mol. The maximum absolute atomic E-state index is 12.0. The fourth-order valence-electron chi connectivity index (χ4n) is 1.55. The third-order valence-corrected chi connectivity index (χ3v) is 3.36. The summed E-state index contributed by atoms with van der Waals surface area (Å²) in [7, 11) is 0. The Morgan fingerprint density at radius 1 is 1.26 bits per heavy atom. The number of carbonyl (C=O) groups is 1. The third kappa shape index (κ3) is 2.36. The molecule has 19 heavy (non-hydrogen) atoms. The summed E-state index contributed by atoms with van der Waals surface area (Å²) in [5, 5.41) is 6.62. The highest BCUT2D eigenvalue weighted by Gasteiger charge is 2.11. The average molecular weight is 272 g/mol. The highest BCUT2D eigenvalue weighted by atomic mass is 32.1. The quantitative estimate of drug-likeness (QED) is 0.765. The summed E-state index contributed by atoms with van der Waals surface area (Å²) < 4.78 is 1.41. The van der Waals surface area contributed by atoms with E-state index in [1.54, 1.807) is 18.3 Å². The van der Waals surface area contributed by atoms with Crippen LogP contribution >= 0.6 is 11.3 Å². The minimum atomic E-state index is -0.420. The number of aromatic nitrogens is 3. The van der Waals surface area contributed by atoms with Crippen LogP contribution in [0.25, 0.3) is 4.96 Å². The van der Waals surface area contributed by atoms with Crippen molar-refractivity contribution in [1.82, 2.24) is 14.6 Å². The number of thiazole rings is 1. The zero-order valence-electron chi connectivity index (χ0n) is 9.61. The molecule has 0 bridgehead atoms. The summed E-state index contributed by atoms with van der Waals surface area (Å²) in [6.45, 7) is 0. The number of nitrogens with one attached hydrogen (secondary N) is 1. The molecule has 0 aliphatic carbocycles. The van der Waals surface area contributed by atoms with E-state index in [4.69, 9.17) is 0 Å². The molecule has 0 spiro atoms. The lowest BCUT2D eigenvalue weighted by molar-refractivity contribution is 0.103. The summed E-state index contributed by atoms with van der Waals surface area (Å²) in [5.74, 6) is -0.254. The Kier molecular flexibility index (Phi) is 2.81. The van der Waals surface area contributed by atoms with E-state index in [0.717, 1.165) is 17.5 Å². The lowest BCUT2D eigenvalue weighted by atomic mass is 10.3. The first-order valence-corrected chi connectivity index (χ1v) is 6.26. The van der Waals surface area contributed by atoms with Gasteiger partial charge in [-0.25, -0.2) is 4.52 Å². The Balaban J connectivity index is 1.91. The van der Waals surface area contributed by atoms with Crippen LogP contribution in [0.1, 0.15) is 9.67 Å². The molecule has 2 aromatic heterocycles. The van der Waals surface area contributed by atoms with Crippen molar-refractivity contribution in [2.24, 2.45) is 0 Å². The van der Waals surface area contributed by atoms with Crippen LogP contribution in [0.3, 0.4) is 0 Å². The van der Waals surface area contributed by atoms with Crippen molar-refractivity contribution in [3.05, 3.63) is 58.0 Å². The number of rotatable bonds is 2. The summed E-state index contributed by atoms with van der Waals surface area (Å²) in [5.41, 5.74) is 0.289. The fourth-order valence-corrected chi connectivity index (χ4v) is 2.37. The molecule has 1 amide bonds. The molecule has 0 atom stereocenters. The van der Waals surface area contributed by atoms with E-state index in [-0.39, 0.29) is 5.91 Å². The summed E-state index contributed by atoms with van der Waals surface area (Å²) >= 11 is 1.12. The van der Waals surface area contributed by atoms with Crippen LogP contribution in [0.2, 0.25) is 0 Å². The molecule has 3 aromatic rings. The van der Waals surface area contributed by atoms with Crippen LogP contribution in [-0.4, -0.2) is 20.5 Å². The lowest BCUT2D eigenvalue weighted by Crippen LogP contribution is -2.10. The number of nitrogens with zero attached hydrogens (tertiary/aromatic N) is 3. The van der Waals surface area contributed by atoms with Crippen LogP contribution in [0, 0.1) is 0 Å². The molecular formula is C12H8N4O2S. The van der Waals surface area contributed by atoms with Crippen LogP contribution in [0.15, 0.2) is 47.5 Å². The molecule has 0 aliphatic rings. The Labute approximate surface area is 111 Å². The van der Waals surface area contributed by atoms with Gasteiger partial charge < -0.3 is 5.32 Å². The van der Waals surface area contributed by atoms with Gasteiger partial charge in [0.05, 0.1) is 6.20 Å². The Morgan fingerprint density at radius 3 is 2.84 bits per heavy atom. The van der Waals surface area contributed by atoms with Crippen LogP contribution < -0.4 is 10.9 Å². The topological polar surface area (TPSA) is 76.4 Å². The number of carbonyl (C=O) groups excluding carboxylic acids is 1. The molecule has 0 fully saturated rings. The standard InChI is InChI=1S/C12H8N4O2S/c17-10-6-13-16-7-9(19-12(16)15-10)11(18)14-8-4-2-1-3-5-8/h1-7H,(H,14,18). The van der Waals surface area contributed by atoms with Gasteiger partial charge in [0, 0.05) is 5.69 Å². The van der Waals surface area contributed by atoms with Gasteiger partial charge in [-0.2, -0.15) is 10.1 Å². The molecular weight excluding hydrogens is 264 g/mol. The van der Waals surface area contributed by atoms with Crippen LogP contribution in [0.4, 0.5) is 5.69 Å². The smallest absolute Gasteiger partial charge is 0.292 e. The van der Waals surface area contributed by atoms with Gasteiger partial charge in [-0.3, -0.25) is 9.59 Å². The van der Waals surface area contributed by atoms with E-state index in [1.165, 1.54) is 4.52 Å². The van der Waals surface area contributed by atoms with Crippen molar-refractivity contribution in [2.45, 2.75) is 0 Å². The van der Waals surface area contributed by atoms with Crippen molar-refractivity contribution in [1.29, 1.82) is 0 Å². The number of benzene rings is 1. The van der Waals surface area contributed by atoms with Crippen molar-refractivity contribution in [2.75, 3.05) is 5.32 Å². The normalized spacial score (nSPS) is 10.5. The first-order valence-electron chi connectivity index (χ1n) is 5.44. The zero-order chi connectivity index (χ0) is 13.2. The Hall–Kier alpha value is -2.54. The second kappa shape index (κ2) is 4.62. The number of amides is 1. The maximum Gasteiger partial charge on any atom is 0.292 e. The molecule has 6 nitrogen and oxygen atoms in total. The molecule has 7 heteroatoms. The van der Waals surface area contributed by atoms with Gasteiger partial charge in [0.2, 0.25) is 4.96 Å². The molecule has 3 rings (SSSR count).